The summed E-state index contributed by atoms with van der Waals surface area (Å²) < 4.78 is 0.829. The highest BCUT2D eigenvalue weighted by Crippen LogP contribution is 2.36. The van der Waals surface area contributed by atoms with Gasteiger partial charge in [0.15, 0.2) is 9.49 Å². The molecule has 102 valence electrons. The maximum absolute atomic E-state index is 6.06. The van der Waals surface area contributed by atoms with E-state index < -0.39 is 0 Å². The molecule has 8 heteroatoms. The predicted molar refractivity (Wildman–Crippen MR) is 82.9 cm³/mol. The van der Waals surface area contributed by atoms with Gasteiger partial charge in [0.1, 0.15) is 5.03 Å². The molecule has 0 aliphatic carbocycles. The number of nitrogens with zero attached hydrogens (tertiary/aromatic N) is 5. The fraction of sp³-hybridized carbons (Fsp3) is 0.167. The summed E-state index contributed by atoms with van der Waals surface area (Å²) in [7, 11) is 3.87. The Labute approximate surface area is 129 Å². The molecule has 0 saturated carbocycles. The summed E-state index contributed by atoms with van der Waals surface area (Å²) in [5.41, 5.74) is 0. The van der Waals surface area contributed by atoms with Crippen LogP contribution in [-0.2, 0) is 0 Å². The van der Waals surface area contributed by atoms with Gasteiger partial charge in [-0.25, -0.2) is 0 Å². The van der Waals surface area contributed by atoms with Gasteiger partial charge in [-0.1, -0.05) is 47.2 Å². The smallest absolute Gasteiger partial charge is 0.208 e. The summed E-state index contributed by atoms with van der Waals surface area (Å²) in [6, 6.07) is 7.79. The third-order valence-electron chi connectivity index (χ3n) is 2.57. The number of anilines is 1. The average molecular weight is 324 g/mol. The lowest BCUT2D eigenvalue weighted by Crippen LogP contribution is -2.07. The van der Waals surface area contributed by atoms with Gasteiger partial charge in [-0.3, -0.25) is 0 Å². The lowest BCUT2D eigenvalue weighted by atomic mass is 10.2. The summed E-state index contributed by atoms with van der Waals surface area (Å²) in [6.45, 7) is 0. The standard InChI is InChI=1S/C12H10ClN5S2/c1-18(2)11-16-17-12(20-11)19-10-8-6-4-3-5-7(8)9(13)14-15-10/h3-6H,1-2H3. The molecule has 0 fully saturated rings. The molecule has 0 spiro atoms. The van der Waals surface area contributed by atoms with E-state index in [0.717, 1.165) is 25.3 Å². The Morgan fingerprint density at radius 1 is 1.05 bits per heavy atom. The number of aromatic nitrogens is 4. The van der Waals surface area contributed by atoms with Crippen LogP contribution in [0, 0.1) is 0 Å². The zero-order valence-electron chi connectivity index (χ0n) is 10.7. The van der Waals surface area contributed by atoms with Gasteiger partial charge in [0.05, 0.1) is 0 Å². The SMILES string of the molecule is CN(C)c1nnc(Sc2nnc(Cl)c3ccccc23)s1. The van der Waals surface area contributed by atoms with Gasteiger partial charge in [-0.15, -0.1) is 20.4 Å². The molecule has 1 aromatic carbocycles. The van der Waals surface area contributed by atoms with E-state index >= 15 is 0 Å². The second-order valence-corrected chi connectivity index (χ2v) is 6.74. The summed E-state index contributed by atoms with van der Waals surface area (Å²) in [4.78, 5) is 1.92. The molecule has 0 atom stereocenters. The molecule has 0 aliphatic heterocycles. The van der Waals surface area contributed by atoms with Crippen molar-refractivity contribution in [2.75, 3.05) is 19.0 Å². The van der Waals surface area contributed by atoms with Crippen LogP contribution in [0.1, 0.15) is 0 Å². The Morgan fingerprint density at radius 3 is 2.50 bits per heavy atom. The van der Waals surface area contributed by atoms with Crippen molar-refractivity contribution < 1.29 is 0 Å². The molecule has 0 aliphatic rings. The van der Waals surface area contributed by atoms with Gasteiger partial charge in [-0.05, 0) is 11.8 Å². The molecular weight excluding hydrogens is 314 g/mol. The van der Waals surface area contributed by atoms with Crippen molar-refractivity contribution in [1.82, 2.24) is 20.4 Å². The van der Waals surface area contributed by atoms with Crippen LogP contribution in [0.3, 0.4) is 0 Å². The molecule has 2 aromatic heterocycles. The summed E-state index contributed by atoms with van der Waals surface area (Å²) >= 11 is 9.03. The zero-order valence-corrected chi connectivity index (χ0v) is 13.1. The average Bonchev–Trinajstić information content (AvgIpc) is 2.91. The minimum absolute atomic E-state index is 0.413. The molecule has 20 heavy (non-hydrogen) atoms. The Morgan fingerprint density at radius 2 is 1.80 bits per heavy atom. The van der Waals surface area contributed by atoms with Gasteiger partial charge < -0.3 is 4.90 Å². The maximum atomic E-state index is 6.06. The molecule has 0 amide bonds. The van der Waals surface area contributed by atoms with Crippen LogP contribution >= 0.6 is 34.7 Å². The maximum Gasteiger partial charge on any atom is 0.208 e. The van der Waals surface area contributed by atoms with Crippen molar-refractivity contribution in [2.24, 2.45) is 0 Å². The Kier molecular flexibility index (Phi) is 3.73. The second kappa shape index (κ2) is 5.51. The van der Waals surface area contributed by atoms with Gasteiger partial charge in [0, 0.05) is 24.9 Å². The molecule has 0 bridgehead atoms. The number of halogens is 1. The highest BCUT2D eigenvalue weighted by molar-refractivity contribution is 8.01. The van der Waals surface area contributed by atoms with Gasteiger partial charge in [0.2, 0.25) is 5.13 Å². The molecular formula is C12H10ClN5S2. The van der Waals surface area contributed by atoms with E-state index in [0.29, 0.717) is 5.15 Å². The van der Waals surface area contributed by atoms with E-state index in [-0.39, 0.29) is 0 Å². The minimum atomic E-state index is 0.413. The quantitative estimate of drug-likeness (QED) is 0.736. The number of hydrogen-bond acceptors (Lipinski definition) is 7. The van der Waals surface area contributed by atoms with Crippen molar-refractivity contribution in [3.05, 3.63) is 29.4 Å². The largest absolute Gasteiger partial charge is 0.353 e. The highest BCUT2D eigenvalue weighted by Gasteiger charge is 2.12. The molecule has 5 nitrogen and oxygen atoms in total. The monoisotopic (exact) mass is 323 g/mol. The van der Waals surface area contributed by atoms with Crippen molar-refractivity contribution in [2.45, 2.75) is 9.37 Å². The summed E-state index contributed by atoms with van der Waals surface area (Å²) in [5, 5.41) is 20.3. The normalized spacial score (nSPS) is 10.9. The van der Waals surface area contributed by atoms with E-state index in [4.69, 9.17) is 11.6 Å². The first-order valence-electron chi connectivity index (χ1n) is 5.75. The number of fused-ring (bicyclic) bond motifs is 1. The van der Waals surface area contributed by atoms with Crippen LogP contribution in [0.5, 0.6) is 0 Å². The fourth-order valence-electron chi connectivity index (χ4n) is 1.63. The fourth-order valence-corrected chi connectivity index (χ4v) is 3.58. The van der Waals surface area contributed by atoms with Crippen LogP contribution in [0.2, 0.25) is 5.15 Å². The van der Waals surface area contributed by atoms with Gasteiger partial charge in [-0.2, -0.15) is 0 Å². The third-order valence-corrected chi connectivity index (χ3v) is 4.99. The first-order valence-corrected chi connectivity index (χ1v) is 7.76. The van der Waals surface area contributed by atoms with Crippen LogP contribution in [0.15, 0.2) is 33.6 Å². The predicted octanol–water partition coefficient (Wildman–Crippen LogP) is 3.35. The Balaban J connectivity index is 2.00. The van der Waals surface area contributed by atoms with E-state index in [2.05, 4.69) is 20.4 Å². The zero-order chi connectivity index (χ0) is 14.1. The van der Waals surface area contributed by atoms with Crippen molar-refractivity contribution in [3.8, 4) is 0 Å². The Bertz CT molecular complexity index is 758. The molecule has 0 radical (unpaired) electrons. The first kappa shape index (κ1) is 13.5. The molecule has 0 unspecified atom stereocenters. The molecule has 0 saturated heterocycles. The molecule has 2 heterocycles. The Hall–Kier alpha value is -1.44. The lowest BCUT2D eigenvalue weighted by Gasteiger charge is -2.04. The first-order chi connectivity index (χ1) is 9.65. The number of benzene rings is 1. The lowest BCUT2D eigenvalue weighted by molar-refractivity contribution is 0.945. The van der Waals surface area contributed by atoms with Crippen LogP contribution < -0.4 is 4.90 Å². The van der Waals surface area contributed by atoms with E-state index in [1.54, 1.807) is 0 Å². The van der Waals surface area contributed by atoms with E-state index in [1.807, 2.05) is 43.3 Å². The van der Waals surface area contributed by atoms with E-state index in [1.165, 1.54) is 23.1 Å². The van der Waals surface area contributed by atoms with Crippen LogP contribution in [0.25, 0.3) is 10.8 Å². The van der Waals surface area contributed by atoms with E-state index in [9.17, 15) is 0 Å². The van der Waals surface area contributed by atoms with Crippen LogP contribution in [0.4, 0.5) is 5.13 Å². The summed E-state index contributed by atoms with van der Waals surface area (Å²) in [6.07, 6.45) is 0. The molecule has 3 rings (SSSR count). The van der Waals surface area contributed by atoms with Crippen LogP contribution in [-0.4, -0.2) is 34.5 Å². The topological polar surface area (TPSA) is 54.8 Å². The van der Waals surface area contributed by atoms with Crippen molar-refractivity contribution in [3.63, 3.8) is 0 Å². The second-order valence-electron chi connectivity index (χ2n) is 4.19. The molecule has 0 N–H and O–H groups in total. The van der Waals surface area contributed by atoms with Crippen molar-refractivity contribution >= 4 is 50.6 Å². The van der Waals surface area contributed by atoms with Gasteiger partial charge in [0.25, 0.3) is 0 Å². The molecule has 3 aromatic rings. The van der Waals surface area contributed by atoms with Gasteiger partial charge >= 0.3 is 0 Å². The number of hydrogen-bond donors (Lipinski definition) is 0. The van der Waals surface area contributed by atoms with Crippen molar-refractivity contribution in [1.29, 1.82) is 0 Å². The third kappa shape index (κ3) is 2.56. The minimum Gasteiger partial charge on any atom is -0.353 e. The highest BCUT2D eigenvalue weighted by atomic mass is 35.5. The number of rotatable bonds is 3. The summed E-state index contributed by atoms with van der Waals surface area (Å²) in [5.74, 6) is 0.